The third-order valence-corrected chi connectivity index (χ3v) is 3.84. The molecule has 0 heterocycles. The molecule has 0 fully saturated rings. The van der Waals surface area contributed by atoms with Crippen LogP contribution in [0.4, 0.5) is 0 Å². The van der Waals surface area contributed by atoms with Crippen molar-refractivity contribution in [2.45, 2.75) is 23.7 Å². The van der Waals surface area contributed by atoms with Crippen LogP contribution >= 0.6 is 39.6 Å². The summed E-state index contributed by atoms with van der Waals surface area (Å²) in [5, 5.41) is 0. The van der Waals surface area contributed by atoms with Gasteiger partial charge in [-0.15, -0.1) is 0 Å². The summed E-state index contributed by atoms with van der Waals surface area (Å²) in [6.45, 7) is 3.30. The fourth-order valence-electron chi connectivity index (χ4n) is 0.698. The van der Waals surface area contributed by atoms with Crippen LogP contribution in [0.5, 0.6) is 0 Å². The van der Waals surface area contributed by atoms with Crippen molar-refractivity contribution in [3.63, 3.8) is 0 Å². The molecule has 0 spiro atoms. The van der Waals surface area contributed by atoms with Crippen LogP contribution in [0.2, 0.25) is 0 Å². The summed E-state index contributed by atoms with van der Waals surface area (Å²) >= 11 is 6.16. The zero-order chi connectivity index (χ0) is 9.23. The molecule has 0 aliphatic heterocycles. The first-order chi connectivity index (χ1) is 4.76. The summed E-state index contributed by atoms with van der Waals surface area (Å²) in [7, 11) is -4.15. The third kappa shape index (κ3) is 4.01. The van der Waals surface area contributed by atoms with Crippen LogP contribution in [-0.4, -0.2) is 24.4 Å². The van der Waals surface area contributed by atoms with Gasteiger partial charge in [-0.1, -0.05) is 31.9 Å². The number of hydrogen-bond acceptors (Lipinski definition) is 1. The summed E-state index contributed by atoms with van der Waals surface area (Å²) < 4.78 is 11.8. The van der Waals surface area contributed by atoms with Crippen LogP contribution in [0.15, 0.2) is 0 Å². The summed E-state index contributed by atoms with van der Waals surface area (Å²) in [6, 6.07) is 0. The minimum atomic E-state index is -4.15. The Balaban J connectivity index is 4.49. The zero-order valence-corrected chi connectivity index (χ0v) is 10.2. The van der Waals surface area contributed by atoms with Crippen molar-refractivity contribution < 1.29 is 14.4 Å². The lowest BCUT2D eigenvalue weighted by Gasteiger charge is -2.27. The Bertz CT molecular complexity index is 161. The predicted molar refractivity (Wildman–Crippen MR) is 50.7 cm³/mol. The molecule has 0 aliphatic carbocycles. The number of hydrogen-bond donors (Lipinski definition) is 2. The third-order valence-electron chi connectivity index (χ3n) is 1.03. The average Bonchev–Trinajstić information content (AvgIpc) is 1.54. The second kappa shape index (κ2) is 4.35. The van der Waals surface area contributed by atoms with Crippen molar-refractivity contribution in [1.29, 1.82) is 0 Å². The maximum absolute atomic E-state index is 10.8. The summed E-state index contributed by atoms with van der Waals surface area (Å²) in [5.41, 5.74) is 0. The highest BCUT2D eigenvalue weighted by molar-refractivity contribution is 9.10. The van der Waals surface area contributed by atoms with Gasteiger partial charge >= 0.3 is 7.75 Å². The molecule has 0 amide bonds. The highest BCUT2D eigenvalue weighted by Gasteiger charge is 2.32. The summed E-state index contributed by atoms with van der Waals surface area (Å²) in [4.78, 5) is 16.9. The summed E-state index contributed by atoms with van der Waals surface area (Å²) in [5.74, 6) is 0. The number of rotatable bonds is 3. The van der Waals surface area contributed by atoms with Crippen LogP contribution < -0.4 is 0 Å². The van der Waals surface area contributed by atoms with Crippen molar-refractivity contribution in [2.24, 2.45) is 0 Å². The van der Waals surface area contributed by atoms with Crippen molar-refractivity contribution >= 4 is 39.6 Å². The molecule has 0 aromatic carbocycles. The van der Waals surface area contributed by atoms with E-state index in [1.807, 2.05) is 0 Å². The lowest BCUT2D eigenvalue weighted by Crippen LogP contribution is -2.30. The Kier molecular flexibility index (Phi) is 4.77. The molecule has 0 rings (SSSR count). The van der Waals surface area contributed by atoms with Crippen LogP contribution in [0.1, 0.15) is 13.8 Å². The Morgan fingerprint density at radius 1 is 1.27 bits per heavy atom. The van der Waals surface area contributed by atoms with Gasteiger partial charge in [0.05, 0.1) is 9.90 Å². The topological polar surface area (TPSA) is 60.8 Å². The lowest BCUT2D eigenvalue weighted by molar-refractivity contribution is 0.266. The average molecular weight is 311 g/mol. The van der Waals surface area contributed by atoms with E-state index in [0.717, 1.165) is 4.67 Å². The van der Waals surface area contributed by atoms with E-state index in [-0.39, 0.29) is 9.90 Å². The first-order valence-corrected chi connectivity index (χ1v) is 6.29. The smallest absolute Gasteiger partial charge is 0.312 e. The van der Waals surface area contributed by atoms with Gasteiger partial charge in [-0.2, -0.15) is 4.67 Å². The van der Waals surface area contributed by atoms with Crippen molar-refractivity contribution in [3.05, 3.63) is 0 Å². The van der Waals surface area contributed by atoms with E-state index in [9.17, 15) is 4.57 Å². The molecule has 4 nitrogen and oxygen atoms in total. The van der Waals surface area contributed by atoms with Crippen molar-refractivity contribution in [3.8, 4) is 0 Å². The predicted octanol–water partition coefficient (Wildman–Crippen LogP) is 1.86. The molecule has 0 radical (unpaired) electrons. The van der Waals surface area contributed by atoms with Crippen LogP contribution in [0.25, 0.3) is 0 Å². The molecule has 0 saturated carbocycles. The fourth-order valence-corrected chi connectivity index (χ4v) is 3.98. The van der Waals surface area contributed by atoms with E-state index in [2.05, 4.69) is 31.9 Å². The van der Waals surface area contributed by atoms with Crippen LogP contribution in [-0.2, 0) is 4.57 Å². The second-order valence-electron chi connectivity index (χ2n) is 2.04. The largest absolute Gasteiger partial charge is 0.404 e. The van der Waals surface area contributed by atoms with Gasteiger partial charge in [-0.05, 0) is 13.8 Å². The van der Waals surface area contributed by atoms with E-state index >= 15 is 0 Å². The molecule has 0 aromatic rings. The van der Waals surface area contributed by atoms with Gasteiger partial charge in [0.25, 0.3) is 0 Å². The van der Waals surface area contributed by atoms with Crippen molar-refractivity contribution in [2.75, 3.05) is 0 Å². The molecule has 2 unspecified atom stereocenters. The van der Waals surface area contributed by atoms with E-state index < -0.39 is 7.75 Å². The zero-order valence-electron chi connectivity index (χ0n) is 6.11. The molecular weight excluding hydrogens is 301 g/mol. The van der Waals surface area contributed by atoms with Crippen LogP contribution in [0.3, 0.4) is 0 Å². The molecule has 7 heteroatoms. The number of alkyl halides is 2. The van der Waals surface area contributed by atoms with Crippen LogP contribution in [0, 0.1) is 0 Å². The monoisotopic (exact) mass is 309 g/mol. The minimum absolute atomic E-state index is 0.363. The Morgan fingerprint density at radius 3 is 1.55 bits per heavy atom. The highest BCUT2D eigenvalue weighted by Crippen LogP contribution is 2.45. The second-order valence-corrected chi connectivity index (χ2v) is 6.18. The Hall–Kier alpha value is 1.07. The van der Waals surface area contributed by atoms with Gasteiger partial charge in [0.2, 0.25) is 0 Å². The highest BCUT2D eigenvalue weighted by atomic mass is 79.9. The Labute approximate surface area is 82.4 Å². The maximum Gasteiger partial charge on any atom is 0.404 e. The number of halogens is 2. The first kappa shape index (κ1) is 12.1. The van der Waals surface area contributed by atoms with Gasteiger partial charge in [-0.3, -0.25) is 0 Å². The minimum Gasteiger partial charge on any atom is -0.312 e. The van der Waals surface area contributed by atoms with Gasteiger partial charge in [-0.25, -0.2) is 4.57 Å². The molecule has 0 aliphatic rings. The van der Waals surface area contributed by atoms with Gasteiger partial charge < -0.3 is 9.79 Å². The SMILES string of the molecule is CC(Br)N(C(C)Br)P(=O)(O)O. The van der Waals surface area contributed by atoms with E-state index in [1.165, 1.54) is 0 Å². The quantitative estimate of drug-likeness (QED) is 0.474. The molecule has 2 N–H and O–H groups in total. The first-order valence-electron chi connectivity index (χ1n) is 2.89. The standard InChI is InChI=1S/C4H10Br2NO3P/c1-3(5)7(4(2)6)11(8,9)10/h3-4H,1-2H3,(H2,8,9,10). The van der Waals surface area contributed by atoms with E-state index in [0.29, 0.717) is 0 Å². The molecule has 0 aromatic heterocycles. The molecule has 11 heavy (non-hydrogen) atoms. The fraction of sp³-hybridized carbons (Fsp3) is 1.00. The Morgan fingerprint density at radius 2 is 1.55 bits per heavy atom. The van der Waals surface area contributed by atoms with Gasteiger partial charge in [0, 0.05) is 0 Å². The molecular formula is C4H10Br2NO3P. The van der Waals surface area contributed by atoms with E-state index in [1.54, 1.807) is 13.8 Å². The molecule has 68 valence electrons. The normalized spacial score (nSPS) is 18.5. The van der Waals surface area contributed by atoms with Gasteiger partial charge in [0.15, 0.2) is 0 Å². The van der Waals surface area contributed by atoms with E-state index in [4.69, 9.17) is 9.79 Å². The number of nitrogens with zero attached hydrogens (tertiary/aromatic N) is 1. The summed E-state index contributed by atoms with van der Waals surface area (Å²) in [6.07, 6.45) is 0. The molecule has 2 atom stereocenters. The lowest BCUT2D eigenvalue weighted by atomic mass is 10.7. The van der Waals surface area contributed by atoms with Crippen molar-refractivity contribution in [1.82, 2.24) is 4.67 Å². The molecule has 0 bridgehead atoms. The molecule has 0 saturated heterocycles. The maximum atomic E-state index is 10.8. The van der Waals surface area contributed by atoms with Gasteiger partial charge in [0.1, 0.15) is 0 Å².